The van der Waals surface area contributed by atoms with Crippen LogP contribution in [0.2, 0.25) is 0 Å². The fourth-order valence-electron chi connectivity index (χ4n) is 2.77. The van der Waals surface area contributed by atoms with Crippen LogP contribution in [0, 0.1) is 11.8 Å². The average molecular weight is 250 g/mol. The number of likely N-dealkylation sites (N-methyl/N-ethyl adjacent to an activating group) is 1. The topological polar surface area (TPSA) is 29.3 Å². The van der Waals surface area contributed by atoms with Gasteiger partial charge in [-0.15, -0.1) is 0 Å². The van der Waals surface area contributed by atoms with Gasteiger partial charge in [-0.1, -0.05) is 45.8 Å². The smallest absolute Gasteiger partial charge is 0.0331 e. The SMILES string of the molecule is CCCCC(CC)C1=CC(CC)C=C(CN)N1C. The molecule has 2 atom stereocenters. The fourth-order valence-corrected chi connectivity index (χ4v) is 2.77. The molecule has 1 aliphatic rings. The number of rotatable bonds is 7. The summed E-state index contributed by atoms with van der Waals surface area (Å²) in [6.07, 6.45) is 11.1. The third-order valence-corrected chi connectivity index (χ3v) is 4.11. The van der Waals surface area contributed by atoms with Gasteiger partial charge in [0.2, 0.25) is 0 Å². The Balaban J connectivity index is 2.86. The number of nitrogens with two attached hydrogens (primary N) is 1. The summed E-state index contributed by atoms with van der Waals surface area (Å²) in [5.74, 6) is 1.27. The number of hydrogen-bond acceptors (Lipinski definition) is 2. The van der Waals surface area contributed by atoms with Crippen molar-refractivity contribution in [1.82, 2.24) is 4.90 Å². The molecule has 2 N–H and O–H groups in total. The second kappa shape index (κ2) is 7.63. The van der Waals surface area contributed by atoms with Crippen LogP contribution in [0.3, 0.4) is 0 Å². The van der Waals surface area contributed by atoms with Crippen LogP contribution in [0.5, 0.6) is 0 Å². The first-order valence-corrected chi connectivity index (χ1v) is 7.53. The molecule has 0 aromatic rings. The van der Waals surface area contributed by atoms with E-state index < -0.39 is 0 Å². The van der Waals surface area contributed by atoms with Crippen LogP contribution in [0.4, 0.5) is 0 Å². The molecule has 0 radical (unpaired) electrons. The Kier molecular flexibility index (Phi) is 6.48. The summed E-state index contributed by atoms with van der Waals surface area (Å²) in [4.78, 5) is 2.33. The minimum atomic E-state index is 0.574. The Hall–Kier alpha value is -0.760. The summed E-state index contributed by atoms with van der Waals surface area (Å²) in [5.41, 5.74) is 8.66. The summed E-state index contributed by atoms with van der Waals surface area (Å²) in [5, 5.41) is 0. The minimum absolute atomic E-state index is 0.574. The molecule has 2 unspecified atom stereocenters. The maximum absolute atomic E-state index is 5.88. The number of hydrogen-bond donors (Lipinski definition) is 1. The molecular weight excluding hydrogens is 220 g/mol. The zero-order valence-corrected chi connectivity index (χ0v) is 12.6. The van der Waals surface area contributed by atoms with E-state index in [1.165, 1.54) is 43.5 Å². The standard InChI is InChI=1S/C16H30N2/c1-5-8-9-14(7-3)16-11-13(6-2)10-15(12-17)18(16)4/h10-11,13-14H,5-9,12,17H2,1-4H3. The second-order valence-electron chi connectivity index (χ2n) is 5.33. The normalized spacial score (nSPS) is 21.6. The van der Waals surface area contributed by atoms with E-state index in [0.717, 1.165) is 0 Å². The Bertz CT molecular complexity index is 304. The summed E-state index contributed by atoms with van der Waals surface area (Å²) < 4.78 is 0. The average Bonchev–Trinajstić information content (AvgIpc) is 2.41. The first kappa shape index (κ1) is 15.3. The van der Waals surface area contributed by atoms with Crippen molar-refractivity contribution in [2.24, 2.45) is 17.6 Å². The predicted octanol–water partition coefficient (Wildman–Crippen LogP) is 3.90. The van der Waals surface area contributed by atoms with Gasteiger partial charge in [0.05, 0.1) is 0 Å². The van der Waals surface area contributed by atoms with Crippen molar-refractivity contribution in [3.8, 4) is 0 Å². The third-order valence-electron chi connectivity index (χ3n) is 4.11. The molecule has 0 saturated heterocycles. The van der Waals surface area contributed by atoms with Gasteiger partial charge in [0, 0.05) is 25.0 Å². The Morgan fingerprint density at radius 1 is 1.28 bits per heavy atom. The molecule has 0 aromatic heterocycles. The maximum Gasteiger partial charge on any atom is 0.0331 e. The summed E-state index contributed by atoms with van der Waals surface area (Å²) in [6, 6.07) is 0. The molecule has 0 spiro atoms. The van der Waals surface area contributed by atoms with Gasteiger partial charge in [0.15, 0.2) is 0 Å². The van der Waals surface area contributed by atoms with Gasteiger partial charge in [-0.3, -0.25) is 0 Å². The highest BCUT2D eigenvalue weighted by Gasteiger charge is 2.22. The lowest BCUT2D eigenvalue weighted by Gasteiger charge is -2.35. The molecule has 2 nitrogen and oxygen atoms in total. The molecule has 0 aliphatic carbocycles. The third kappa shape index (κ3) is 3.61. The van der Waals surface area contributed by atoms with Crippen LogP contribution in [-0.4, -0.2) is 18.5 Å². The Labute approximate surface area is 113 Å². The van der Waals surface area contributed by atoms with Gasteiger partial charge in [0.1, 0.15) is 0 Å². The predicted molar refractivity (Wildman–Crippen MR) is 80.1 cm³/mol. The van der Waals surface area contributed by atoms with E-state index >= 15 is 0 Å². The first-order valence-electron chi connectivity index (χ1n) is 7.53. The first-order chi connectivity index (χ1) is 8.67. The van der Waals surface area contributed by atoms with E-state index in [1.54, 1.807) is 0 Å². The van der Waals surface area contributed by atoms with Crippen molar-refractivity contribution in [2.75, 3.05) is 13.6 Å². The molecule has 2 heteroatoms. The van der Waals surface area contributed by atoms with E-state index in [0.29, 0.717) is 18.4 Å². The molecule has 1 heterocycles. The summed E-state index contributed by atoms with van der Waals surface area (Å²) >= 11 is 0. The highest BCUT2D eigenvalue weighted by atomic mass is 15.1. The summed E-state index contributed by atoms with van der Waals surface area (Å²) in [7, 11) is 2.17. The zero-order valence-electron chi connectivity index (χ0n) is 12.6. The van der Waals surface area contributed by atoms with Crippen molar-refractivity contribution in [3.63, 3.8) is 0 Å². The van der Waals surface area contributed by atoms with Crippen molar-refractivity contribution >= 4 is 0 Å². The number of nitrogens with zero attached hydrogens (tertiary/aromatic N) is 1. The van der Waals surface area contributed by atoms with Gasteiger partial charge >= 0.3 is 0 Å². The maximum atomic E-state index is 5.88. The van der Waals surface area contributed by atoms with Crippen molar-refractivity contribution in [2.45, 2.75) is 52.9 Å². The van der Waals surface area contributed by atoms with Gasteiger partial charge < -0.3 is 10.6 Å². The Morgan fingerprint density at radius 2 is 2.00 bits per heavy atom. The highest BCUT2D eigenvalue weighted by Crippen LogP contribution is 2.32. The molecule has 18 heavy (non-hydrogen) atoms. The lowest BCUT2D eigenvalue weighted by molar-refractivity contribution is 0.369. The van der Waals surface area contributed by atoms with Crippen LogP contribution < -0.4 is 5.73 Å². The minimum Gasteiger partial charge on any atom is -0.351 e. The molecule has 0 fully saturated rings. The molecule has 0 bridgehead atoms. The van der Waals surface area contributed by atoms with Crippen LogP contribution in [0.25, 0.3) is 0 Å². The number of allylic oxidation sites excluding steroid dienone is 3. The van der Waals surface area contributed by atoms with Gasteiger partial charge in [-0.25, -0.2) is 0 Å². The van der Waals surface area contributed by atoms with Crippen LogP contribution in [0.1, 0.15) is 52.9 Å². The molecular formula is C16H30N2. The Morgan fingerprint density at radius 3 is 2.50 bits per heavy atom. The molecule has 1 aliphatic heterocycles. The molecule has 0 amide bonds. The van der Waals surface area contributed by atoms with Crippen molar-refractivity contribution in [3.05, 3.63) is 23.5 Å². The lowest BCUT2D eigenvalue weighted by Crippen LogP contribution is -2.30. The molecule has 0 aromatic carbocycles. The lowest BCUT2D eigenvalue weighted by atomic mass is 9.89. The van der Waals surface area contributed by atoms with Crippen molar-refractivity contribution in [1.29, 1.82) is 0 Å². The van der Waals surface area contributed by atoms with Crippen LogP contribution in [-0.2, 0) is 0 Å². The zero-order chi connectivity index (χ0) is 13.5. The summed E-state index contributed by atoms with van der Waals surface area (Å²) in [6.45, 7) is 7.47. The fraction of sp³-hybridized carbons (Fsp3) is 0.750. The van der Waals surface area contributed by atoms with Crippen LogP contribution >= 0.6 is 0 Å². The van der Waals surface area contributed by atoms with E-state index in [2.05, 4.69) is 44.9 Å². The number of unbranched alkanes of at least 4 members (excludes halogenated alkanes) is 1. The monoisotopic (exact) mass is 250 g/mol. The highest BCUT2D eigenvalue weighted by molar-refractivity contribution is 5.24. The second-order valence-corrected chi connectivity index (χ2v) is 5.33. The van der Waals surface area contributed by atoms with E-state index in [4.69, 9.17) is 5.73 Å². The molecule has 104 valence electrons. The van der Waals surface area contributed by atoms with Gasteiger partial charge in [0.25, 0.3) is 0 Å². The molecule has 0 saturated carbocycles. The quantitative estimate of drug-likeness (QED) is 0.742. The largest absolute Gasteiger partial charge is 0.351 e. The van der Waals surface area contributed by atoms with Gasteiger partial charge in [-0.05, 0) is 31.1 Å². The van der Waals surface area contributed by atoms with E-state index in [1.807, 2.05) is 0 Å². The van der Waals surface area contributed by atoms with Crippen molar-refractivity contribution < 1.29 is 0 Å². The van der Waals surface area contributed by atoms with Gasteiger partial charge in [-0.2, -0.15) is 0 Å². The van der Waals surface area contributed by atoms with Crippen LogP contribution in [0.15, 0.2) is 23.5 Å². The molecule has 1 rings (SSSR count). The van der Waals surface area contributed by atoms with E-state index in [-0.39, 0.29) is 0 Å². The van der Waals surface area contributed by atoms with E-state index in [9.17, 15) is 0 Å².